The number of rotatable bonds is 2. The Labute approximate surface area is 102 Å². The quantitative estimate of drug-likeness (QED) is 0.846. The van der Waals surface area contributed by atoms with Crippen LogP contribution in [0.5, 0.6) is 11.5 Å². The highest BCUT2D eigenvalue weighted by Crippen LogP contribution is 2.45. The van der Waals surface area contributed by atoms with E-state index in [1.807, 2.05) is 13.8 Å². The van der Waals surface area contributed by atoms with E-state index in [-0.39, 0.29) is 6.79 Å². The van der Waals surface area contributed by atoms with E-state index in [1.165, 1.54) is 0 Å². The average Bonchev–Trinajstić information content (AvgIpc) is 2.62. The second-order valence-corrected chi connectivity index (χ2v) is 5.08. The second kappa shape index (κ2) is 3.75. The summed E-state index contributed by atoms with van der Waals surface area (Å²) >= 11 is 3.40. The van der Waals surface area contributed by atoms with Crippen molar-refractivity contribution in [3.05, 3.63) is 21.7 Å². The van der Waals surface area contributed by atoms with Gasteiger partial charge in [0, 0.05) is 15.6 Å². The highest BCUT2D eigenvalue weighted by atomic mass is 79.9. The van der Waals surface area contributed by atoms with Gasteiger partial charge in [-0.15, -0.1) is 0 Å². The predicted octanol–water partition coefficient (Wildman–Crippen LogP) is 2.18. The molecule has 16 heavy (non-hydrogen) atoms. The SMILES string of the molecule is CC(C)(N)c1c(Br)cc(C=O)c2c1OCO2. The van der Waals surface area contributed by atoms with Crippen molar-refractivity contribution in [1.82, 2.24) is 0 Å². The van der Waals surface area contributed by atoms with Gasteiger partial charge in [0.25, 0.3) is 0 Å². The summed E-state index contributed by atoms with van der Waals surface area (Å²) < 4.78 is 11.4. The third kappa shape index (κ3) is 1.70. The van der Waals surface area contributed by atoms with Crippen LogP contribution in [-0.4, -0.2) is 13.1 Å². The van der Waals surface area contributed by atoms with Gasteiger partial charge in [0.05, 0.1) is 5.56 Å². The molecule has 1 aromatic carbocycles. The van der Waals surface area contributed by atoms with Crippen molar-refractivity contribution in [2.24, 2.45) is 5.73 Å². The Morgan fingerprint density at radius 1 is 1.44 bits per heavy atom. The van der Waals surface area contributed by atoms with Crippen LogP contribution in [0.15, 0.2) is 10.5 Å². The van der Waals surface area contributed by atoms with Gasteiger partial charge in [-0.05, 0) is 19.9 Å². The first-order valence-corrected chi connectivity index (χ1v) is 5.61. The van der Waals surface area contributed by atoms with Crippen LogP contribution in [-0.2, 0) is 5.54 Å². The molecule has 0 bridgehead atoms. The first-order valence-electron chi connectivity index (χ1n) is 4.81. The number of aldehydes is 1. The Kier molecular flexibility index (Phi) is 2.67. The molecule has 5 heteroatoms. The van der Waals surface area contributed by atoms with Crippen LogP contribution in [0.3, 0.4) is 0 Å². The van der Waals surface area contributed by atoms with Gasteiger partial charge in [0.2, 0.25) is 6.79 Å². The van der Waals surface area contributed by atoms with Crippen LogP contribution in [0.4, 0.5) is 0 Å². The topological polar surface area (TPSA) is 61.6 Å². The molecule has 0 atom stereocenters. The minimum Gasteiger partial charge on any atom is -0.453 e. The van der Waals surface area contributed by atoms with Gasteiger partial charge in [0.1, 0.15) is 0 Å². The van der Waals surface area contributed by atoms with E-state index in [1.54, 1.807) is 6.07 Å². The third-order valence-electron chi connectivity index (χ3n) is 2.39. The molecule has 1 aromatic rings. The fourth-order valence-electron chi connectivity index (χ4n) is 1.75. The lowest BCUT2D eigenvalue weighted by Gasteiger charge is -2.22. The molecule has 0 saturated heterocycles. The smallest absolute Gasteiger partial charge is 0.231 e. The molecule has 0 aromatic heterocycles. The van der Waals surface area contributed by atoms with E-state index in [9.17, 15) is 4.79 Å². The first-order chi connectivity index (χ1) is 7.45. The van der Waals surface area contributed by atoms with Crippen molar-refractivity contribution in [2.75, 3.05) is 6.79 Å². The number of benzene rings is 1. The normalized spacial score (nSPS) is 14.0. The number of hydrogen-bond acceptors (Lipinski definition) is 4. The van der Waals surface area contributed by atoms with Gasteiger partial charge < -0.3 is 15.2 Å². The summed E-state index contributed by atoms with van der Waals surface area (Å²) in [5, 5.41) is 0. The lowest BCUT2D eigenvalue weighted by molar-refractivity contribution is 0.111. The van der Waals surface area contributed by atoms with Gasteiger partial charge in [-0.2, -0.15) is 0 Å². The van der Waals surface area contributed by atoms with Gasteiger partial charge >= 0.3 is 0 Å². The minimum absolute atomic E-state index is 0.121. The van der Waals surface area contributed by atoms with E-state index in [2.05, 4.69) is 15.9 Å². The summed E-state index contributed by atoms with van der Waals surface area (Å²) in [6, 6.07) is 1.70. The number of carbonyl (C=O) groups excluding carboxylic acids is 1. The van der Waals surface area contributed by atoms with Gasteiger partial charge in [0.15, 0.2) is 17.8 Å². The largest absolute Gasteiger partial charge is 0.453 e. The van der Waals surface area contributed by atoms with Crippen molar-refractivity contribution < 1.29 is 14.3 Å². The van der Waals surface area contributed by atoms with Crippen molar-refractivity contribution in [3.63, 3.8) is 0 Å². The molecule has 0 saturated carbocycles. The lowest BCUT2D eigenvalue weighted by Crippen LogP contribution is -2.29. The van der Waals surface area contributed by atoms with Gasteiger partial charge in [-0.3, -0.25) is 4.79 Å². The van der Waals surface area contributed by atoms with Crippen LogP contribution < -0.4 is 15.2 Å². The molecule has 0 radical (unpaired) electrons. The van der Waals surface area contributed by atoms with E-state index < -0.39 is 5.54 Å². The highest BCUT2D eigenvalue weighted by molar-refractivity contribution is 9.10. The maximum atomic E-state index is 10.9. The van der Waals surface area contributed by atoms with E-state index >= 15 is 0 Å². The Morgan fingerprint density at radius 2 is 2.06 bits per heavy atom. The third-order valence-corrected chi connectivity index (χ3v) is 3.02. The minimum atomic E-state index is -0.571. The summed E-state index contributed by atoms with van der Waals surface area (Å²) in [6.07, 6.45) is 0.742. The lowest BCUT2D eigenvalue weighted by atomic mass is 9.93. The molecule has 0 amide bonds. The highest BCUT2D eigenvalue weighted by Gasteiger charge is 2.30. The predicted molar refractivity (Wildman–Crippen MR) is 62.9 cm³/mol. The second-order valence-electron chi connectivity index (χ2n) is 4.23. The molecular formula is C11H12BrNO3. The molecule has 0 fully saturated rings. The van der Waals surface area contributed by atoms with E-state index in [0.29, 0.717) is 17.1 Å². The number of nitrogens with two attached hydrogens (primary N) is 1. The number of carbonyl (C=O) groups is 1. The fraction of sp³-hybridized carbons (Fsp3) is 0.364. The number of fused-ring (bicyclic) bond motifs is 1. The van der Waals surface area contributed by atoms with Crippen molar-refractivity contribution in [1.29, 1.82) is 0 Å². The van der Waals surface area contributed by atoms with Crippen molar-refractivity contribution in [2.45, 2.75) is 19.4 Å². The molecule has 0 spiro atoms. The van der Waals surface area contributed by atoms with Gasteiger partial charge in [-0.1, -0.05) is 15.9 Å². The monoisotopic (exact) mass is 285 g/mol. The van der Waals surface area contributed by atoms with Crippen LogP contribution in [0.1, 0.15) is 29.8 Å². The molecule has 1 aliphatic rings. The van der Waals surface area contributed by atoms with Crippen LogP contribution in [0, 0.1) is 0 Å². The number of halogens is 1. The maximum Gasteiger partial charge on any atom is 0.231 e. The maximum absolute atomic E-state index is 10.9. The van der Waals surface area contributed by atoms with Gasteiger partial charge in [-0.25, -0.2) is 0 Å². The summed E-state index contributed by atoms with van der Waals surface area (Å²) in [7, 11) is 0. The molecule has 2 N–H and O–H groups in total. The molecule has 1 heterocycles. The Hall–Kier alpha value is -1.07. The molecule has 86 valence electrons. The molecule has 4 nitrogen and oxygen atoms in total. The molecular weight excluding hydrogens is 274 g/mol. The number of ether oxygens (including phenoxy) is 2. The number of hydrogen-bond donors (Lipinski definition) is 1. The Morgan fingerprint density at radius 3 is 2.62 bits per heavy atom. The summed E-state index contributed by atoms with van der Waals surface area (Å²) in [4.78, 5) is 10.9. The van der Waals surface area contributed by atoms with Crippen molar-refractivity contribution >= 4 is 22.2 Å². The summed E-state index contributed by atoms with van der Waals surface area (Å²) in [5.74, 6) is 1.04. The molecule has 1 aliphatic heterocycles. The zero-order valence-corrected chi connectivity index (χ0v) is 10.6. The fourth-order valence-corrected chi connectivity index (χ4v) is 2.69. The standard InChI is InChI=1S/C11H12BrNO3/c1-11(2,13)8-7(12)3-6(4-14)9-10(8)16-5-15-9/h3-4H,5,13H2,1-2H3. The molecule has 0 aliphatic carbocycles. The first kappa shape index (κ1) is 11.4. The zero-order valence-electron chi connectivity index (χ0n) is 9.04. The van der Waals surface area contributed by atoms with Crippen LogP contribution in [0.25, 0.3) is 0 Å². The van der Waals surface area contributed by atoms with Crippen molar-refractivity contribution in [3.8, 4) is 11.5 Å². The Balaban J connectivity index is 2.73. The summed E-state index contributed by atoms with van der Waals surface area (Å²) in [6.45, 7) is 3.86. The molecule has 2 rings (SSSR count). The van der Waals surface area contributed by atoms with Crippen LogP contribution >= 0.6 is 15.9 Å². The Bertz CT molecular complexity index is 452. The average molecular weight is 286 g/mol. The van der Waals surface area contributed by atoms with Crippen LogP contribution in [0.2, 0.25) is 0 Å². The van der Waals surface area contributed by atoms with E-state index in [0.717, 1.165) is 16.3 Å². The van der Waals surface area contributed by atoms with E-state index in [4.69, 9.17) is 15.2 Å². The summed E-state index contributed by atoms with van der Waals surface area (Å²) in [5.41, 5.74) is 6.77. The zero-order chi connectivity index (χ0) is 11.9. The molecule has 0 unspecified atom stereocenters.